The van der Waals surface area contributed by atoms with Crippen LogP contribution in [0.1, 0.15) is 50.5 Å². The molecule has 2 amide bonds. The van der Waals surface area contributed by atoms with Gasteiger partial charge < -0.3 is 9.88 Å². The molecule has 1 aliphatic heterocycles. The second-order valence-corrected chi connectivity index (χ2v) is 10.9. The summed E-state index contributed by atoms with van der Waals surface area (Å²) in [4.78, 5) is 29.4. The van der Waals surface area contributed by atoms with Crippen LogP contribution in [0.2, 0.25) is 5.02 Å². The topological polar surface area (TPSA) is 54.3 Å². The van der Waals surface area contributed by atoms with E-state index in [9.17, 15) is 9.59 Å². The van der Waals surface area contributed by atoms with E-state index in [-0.39, 0.29) is 17.9 Å². The second kappa shape index (κ2) is 7.92. The van der Waals surface area contributed by atoms with Crippen molar-refractivity contribution >= 4 is 50.7 Å². The van der Waals surface area contributed by atoms with E-state index in [1.807, 2.05) is 41.1 Å². The molecule has 1 N–H and O–H groups in total. The van der Waals surface area contributed by atoms with Gasteiger partial charge in [0, 0.05) is 16.8 Å². The Morgan fingerprint density at radius 1 is 1.19 bits per heavy atom. The van der Waals surface area contributed by atoms with Crippen LogP contribution in [0.25, 0.3) is 10.2 Å². The van der Waals surface area contributed by atoms with Crippen LogP contribution in [0, 0.1) is 11.8 Å². The van der Waals surface area contributed by atoms with E-state index in [1.54, 1.807) is 28.4 Å². The molecular weight excluding hydrogens is 442 g/mol. The van der Waals surface area contributed by atoms with Crippen LogP contribution in [-0.4, -0.2) is 28.0 Å². The molecule has 0 unspecified atom stereocenters. The summed E-state index contributed by atoms with van der Waals surface area (Å²) < 4.78 is 3.07. The lowest BCUT2D eigenvalue weighted by Crippen LogP contribution is -2.66. The molecule has 1 aromatic carbocycles. The van der Waals surface area contributed by atoms with Crippen molar-refractivity contribution in [1.82, 2.24) is 9.88 Å². The van der Waals surface area contributed by atoms with E-state index in [1.165, 1.54) is 6.42 Å². The number of benzene rings is 1. The molecule has 168 valence electrons. The van der Waals surface area contributed by atoms with Crippen molar-refractivity contribution < 1.29 is 9.59 Å². The monoisotopic (exact) mass is 469 g/mol. The second-order valence-electron chi connectivity index (χ2n) is 9.52. The molecule has 2 aliphatic rings. The Morgan fingerprint density at radius 2 is 1.94 bits per heavy atom. The molecule has 1 aliphatic carbocycles. The average Bonchev–Trinajstić information content (AvgIpc) is 3.35. The van der Waals surface area contributed by atoms with Gasteiger partial charge in [-0.2, -0.15) is 0 Å². The summed E-state index contributed by atoms with van der Waals surface area (Å²) in [6, 6.07) is 11.2. The van der Waals surface area contributed by atoms with Crippen LogP contribution in [0.5, 0.6) is 0 Å². The normalized spacial score (nSPS) is 28.1. The number of hydrogen-bond donors (Lipinski definition) is 1. The van der Waals surface area contributed by atoms with Crippen LogP contribution in [-0.2, 0) is 11.3 Å². The zero-order chi connectivity index (χ0) is 22.6. The lowest BCUT2D eigenvalue weighted by atomic mass is 9.77. The molecule has 3 aromatic rings. The Bertz CT molecular complexity index is 1180. The van der Waals surface area contributed by atoms with E-state index >= 15 is 0 Å². The third kappa shape index (κ3) is 3.35. The molecule has 0 saturated heterocycles. The Hall–Kier alpha value is -2.31. The molecule has 0 bridgehead atoms. The van der Waals surface area contributed by atoms with Crippen molar-refractivity contribution in [3.8, 4) is 0 Å². The molecule has 5 rings (SSSR count). The SMILES string of the molecule is C[C@@H]1[C@H](C)CCC[C@@H]1NC(=O)[C@@]1(C)Cn2c(cc3sccc32)C(=O)N1c1ccc(Cl)cc1. The first kappa shape index (κ1) is 21.5. The first-order valence-electron chi connectivity index (χ1n) is 11.3. The van der Waals surface area contributed by atoms with E-state index in [0.717, 1.165) is 23.1 Å². The zero-order valence-electron chi connectivity index (χ0n) is 18.6. The zero-order valence-corrected chi connectivity index (χ0v) is 20.2. The molecule has 1 fully saturated rings. The van der Waals surface area contributed by atoms with E-state index in [2.05, 4.69) is 19.2 Å². The minimum atomic E-state index is -1.06. The fourth-order valence-corrected chi connectivity index (χ4v) is 6.27. The first-order chi connectivity index (χ1) is 15.3. The molecule has 5 nitrogen and oxygen atoms in total. The van der Waals surface area contributed by atoms with Gasteiger partial charge in [-0.05, 0) is 67.0 Å². The predicted octanol–water partition coefficient (Wildman–Crippen LogP) is 5.72. The third-order valence-electron chi connectivity index (χ3n) is 7.50. The predicted molar refractivity (Wildman–Crippen MR) is 131 cm³/mol. The fourth-order valence-electron chi connectivity index (χ4n) is 5.32. The van der Waals surface area contributed by atoms with E-state index < -0.39 is 5.54 Å². The number of hydrogen-bond acceptors (Lipinski definition) is 3. The van der Waals surface area contributed by atoms with E-state index in [4.69, 9.17) is 11.6 Å². The Balaban J connectivity index is 1.57. The number of fused-ring (bicyclic) bond motifs is 3. The highest BCUT2D eigenvalue weighted by Crippen LogP contribution is 2.38. The minimum absolute atomic E-state index is 0.102. The van der Waals surface area contributed by atoms with Crippen molar-refractivity contribution in [2.45, 2.75) is 58.2 Å². The number of rotatable bonds is 3. The number of nitrogens with one attached hydrogen (secondary N) is 1. The number of nitrogens with zero attached hydrogens (tertiary/aromatic N) is 2. The lowest BCUT2D eigenvalue weighted by molar-refractivity contribution is -0.128. The maximum absolute atomic E-state index is 13.9. The molecule has 7 heteroatoms. The number of amides is 2. The molecule has 32 heavy (non-hydrogen) atoms. The summed E-state index contributed by atoms with van der Waals surface area (Å²) in [5.74, 6) is 0.716. The number of carbonyl (C=O) groups excluding carboxylic acids is 2. The van der Waals surface area contributed by atoms with Crippen LogP contribution < -0.4 is 10.2 Å². The van der Waals surface area contributed by atoms with Crippen molar-refractivity contribution in [2.24, 2.45) is 11.8 Å². The smallest absolute Gasteiger partial charge is 0.275 e. The van der Waals surface area contributed by atoms with Gasteiger partial charge >= 0.3 is 0 Å². The van der Waals surface area contributed by atoms with Gasteiger partial charge in [0.25, 0.3) is 5.91 Å². The van der Waals surface area contributed by atoms with Crippen LogP contribution in [0.3, 0.4) is 0 Å². The van der Waals surface area contributed by atoms with Gasteiger partial charge in [0.15, 0.2) is 0 Å². The lowest BCUT2D eigenvalue weighted by Gasteiger charge is -2.45. The standard InChI is InChI=1S/C25H28ClN3O2S/c1-15-5-4-6-19(16(15)2)27-24(31)25(3)14-28-20-11-12-32-22(20)13-21(28)23(30)29(25)18-9-7-17(26)8-10-18/h7-13,15-16,19H,4-6,14H2,1-3H3,(H,27,31)/t15-,16-,19+,25-/m1/s1. The average molecular weight is 470 g/mol. The Kier molecular flexibility index (Phi) is 5.33. The number of aromatic nitrogens is 1. The summed E-state index contributed by atoms with van der Waals surface area (Å²) in [5.41, 5.74) is 1.24. The summed E-state index contributed by atoms with van der Waals surface area (Å²) >= 11 is 7.72. The Labute approximate surface area is 197 Å². The molecule has 4 atom stereocenters. The Morgan fingerprint density at radius 3 is 2.69 bits per heavy atom. The highest BCUT2D eigenvalue weighted by atomic mass is 35.5. The first-order valence-corrected chi connectivity index (χ1v) is 12.5. The molecule has 2 aromatic heterocycles. The number of thiophene rings is 1. The molecular formula is C25H28ClN3O2S. The molecule has 3 heterocycles. The van der Waals surface area contributed by atoms with Gasteiger partial charge in [-0.25, -0.2) is 0 Å². The van der Waals surface area contributed by atoms with E-state index in [0.29, 0.717) is 34.8 Å². The van der Waals surface area contributed by atoms with Gasteiger partial charge in [-0.15, -0.1) is 11.3 Å². The third-order valence-corrected chi connectivity index (χ3v) is 8.61. The molecule has 1 saturated carbocycles. The van der Waals surface area contributed by atoms with Crippen LogP contribution >= 0.6 is 22.9 Å². The highest BCUT2D eigenvalue weighted by molar-refractivity contribution is 7.17. The quantitative estimate of drug-likeness (QED) is 0.533. The summed E-state index contributed by atoms with van der Waals surface area (Å²) in [5, 5.41) is 5.96. The molecule has 0 spiro atoms. The number of carbonyl (C=O) groups is 2. The van der Waals surface area contributed by atoms with Gasteiger partial charge in [0.1, 0.15) is 11.2 Å². The van der Waals surface area contributed by atoms with Gasteiger partial charge in [-0.1, -0.05) is 38.3 Å². The number of anilines is 1. The van der Waals surface area contributed by atoms with Gasteiger partial charge in [0.2, 0.25) is 5.91 Å². The summed E-state index contributed by atoms with van der Waals surface area (Å²) in [6.45, 7) is 6.76. The van der Waals surface area contributed by atoms with Gasteiger partial charge in [0.05, 0.1) is 16.8 Å². The number of halogens is 1. The molecule has 0 radical (unpaired) electrons. The maximum atomic E-state index is 13.9. The van der Waals surface area contributed by atoms with Crippen molar-refractivity contribution in [2.75, 3.05) is 4.90 Å². The fraction of sp³-hybridized carbons (Fsp3) is 0.440. The van der Waals surface area contributed by atoms with Crippen LogP contribution in [0.15, 0.2) is 41.8 Å². The largest absolute Gasteiger partial charge is 0.351 e. The van der Waals surface area contributed by atoms with Gasteiger partial charge in [-0.3, -0.25) is 14.5 Å². The van der Waals surface area contributed by atoms with Crippen molar-refractivity contribution in [3.63, 3.8) is 0 Å². The van der Waals surface area contributed by atoms with Crippen LogP contribution in [0.4, 0.5) is 5.69 Å². The minimum Gasteiger partial charge on any atom is -0.351 e. The summed E-state index contributed by atoms with van der Waals surface area (Å²) in [7, 11) is 0. The van der Waals surface area contributed by atoms with Crippen molar-refractivity contribution in [3.05, 3.63) is 52.5 Å². The maximum Gasteiger partial charge on any atom is 0.275 e. The summed E-state index contributed by atoms with van der Waals surface area (Å²) in [6.07, 6.45) is 3.29. The highest BCUT2D eigenvalue weighted by Gasteiger charge is 2.49. The van der Waals surface area contributed by atoms with Crippen molar-refractivity contribution in [1.29, 1.82) is 0 Å².